The number of carboxylic acids is 1. The van der Waals surface area contributed by atoms with Crippen molar-refractivity contribution in [2.75, 3.05) is 12.4 Å². The summed E-state index contributed by atoms with van der Waals surface area (Å²) in [5.41, 5.74) is 4.18. The van der Waals surface area contributed by atoms with Gasteiger partial charge in [0.15, 0.2) is 11.5 Å². The van der Waals surface area contributed by atoms with Crippen LogP contribution in [0.3, 0.4) is 0 Å². The number of hydrogen-bond acceptors (Lipinski definition) is 6. The molecule has 0 radical (unpaired) electrons. The highest BCUT2D eigenvalue weighted by Gasteiger charge is 2.13. The van der Waals surface area contributed by atoms with Crippen LogP contribution in [0, 0.1) is 3.57 Å². The van der Waals surface area contributed by atoms with Crippen LogP contribution in [0.4, 0.5) is 0 Å². The van der Waals surface area contributed by atoms with Crippen LogP contribution in [0.15, 0.2) is 70.7 Å². The lowest BCUT2D eigenvalue weighted by atomic mass is 10.1. The predicted octanol–water partition coefficient (Wildman–Crippen LogP) is 5.86. The second kappa shape index (κ2) is 13.4. The third-order valence-electron chi connectivity index (χ3n) is 4.48. The Hall–Kier alpha value is -2.76. The third kappa shape index (κ3) is 8.44. The Kier molecular flexibility index (Phi) is 10.2. The Labute approximate surface area is 226 Å². The summed E-state index contributed by atoms with van der Waals surface area (Å²) in [6.07, 6.45) is 1.54. The van der Waals surface area contributed by atoms with Gasteiger partial charge in [0.05, 0.1) is 27.7 Å². The fraction of sp³-hybridized carbons (Fsp3) is 0.160. The number of amides is 1. The van der Waals surface area contributed by atoms with E-state index in [9.17, 15) is 14.7 Å². The van der Waals surface area contributed by atoms with Gasteiger partial charge in [-0.1, -0.05) is 23.7 Å². The number of hydrogen-bond donors (Lipinski definition) is 2. The van der Waals surface area contributed by atoms with Gasteiger partial charge in [0, 0.05) is 9.92 Å². The van der Waals surface area contributed by atoms with Crippen molar-refractivity contribution in [3.8, 4) is 11.5 Å². The van der Waals surface area contributed by atoms with Crippen LogP contribution in [-0.4, -0.2) is 35.6 Å². The van der Waals surface area contributed by atoms with Crippen molar-refractivity contribution in [3.63, 3.8) is 0 Å². The molecule has 3 aromatic rings. The highest BCUT2D eigenvalue weighted by molar-refractivity contribution is 14.1. The number of nitrogens with zero attached hydrogens (tertiary/aromatic N) is 1. The van der Waals surface area contributed by atoms with E-state index < -0.39 is 5.97 Å². The SMILES string of the molecule is CCOc1cc(/C=N\NC(=O)CSc2ccc(Cl)cc2)cc(I)c1OCc1cccc(C(=O)O)c1. The average molecular weight is 625 g/mol. The van der Waals surface area contributed by atoms with Crippen LogP contribution >= 0.6 is 46.0 Å². The number of aromatic carboxylic acids is 1. The molecule has 0 spiro atoms. The molecule has 0 aromatic heterocycles. The molecule has 0 saturated heterocycles. The second-order valence-corrected chi connectivity index (χ2v) is 9.74. The van der Waals surface area contributed by atoms with Crippen LogP contribution in [0.1, 0.15) is 28.4 Å². The van der Waals surface area contributed by atoms with Gasteiger partial charge < -0.3 is 14.6 Å². The van der Waals surface area contributed by atoms with Crippen molar-refractivity contribution in [1.82, 2.24) is 5.43 Å². The Bertz CT molecular complexity index is 1220. The van der Waals surface area contributed by atoms with Crippen molar-refractivity contribution in [2.45, 2.75) is 18.4 Å². The molecule has 7 nitrogen and oxygen atoms in total. The second-order valence-electron chi connectivity index (χ2n) is 7.09. The van der Waals surface area contributed by atoms with Gasteiger partial charge in [-0.25, -0.2) is 10.2 Å². The van der Waals surface area contributed by atoms with Crippen molar-refractivity contribution in [2.24, 2.45) is 5.10 Å². The lowest BCUT2D eigenvalue weighted by molar-refractivity contribution is -0.118. The van der Waals surface area contributed by atoms with E-state index >= 15 is 0 Å². The van der Waals surface area contributed by atoms with Crippen molar-refractivity contribution in [1.29, 1.82) is 0 Å². The molecule has 3 aromatic carbocycles. The quantitative estimate of drug-likeness (QED) is 0.120. The summed E-state index contributed by atoms with van der Waals surface area (Å²) >= 11 is 9.40. The summed E-state index contributed by atoms with van der Waals surface area (Å²) in [7, 11) is 0. The highest BCUT2D eigenvalue weighted by Crippen LogP contribution is 2.34. The minimum atomic E-state index is -0.990. The van der Waals surface area contributed by atoms with Crippen LogP contribution in [0.5, 0.6) is 11.5 Å². The van der Waals surface area contributed by atoms with E-state index in [1.54, 1.807) is 36.4 Å². The number of nitrogens with one attached hydrogen (secondary N) is 1. The maximum absolute atomic E-state index is 12.1. The van der Waals surface area contributed by atoms with Gasteiger partial charge in [0.25, 0.3) is 0 Å². The van der Waals surface area contributed by atoms with Gasteiger partial charge in [0.1, 0.15) is 6.61 Å². The first-order valence-electron chi connectivity index (χ1n) is 10.5. The molecule has 35 heavy (non-hydrogen) atoms. The smallest absolute Gasteiger partial charge is 0.335 e. The zero-order valence-corrected chi connectivity index (χ0v) is 22.4. The minimum absolute atomic E-state index is 0.186. The third-order valence-corrected chi connectivity index (χ3v) is 6.54. The van der Waals surface area contributed by atoms with Gasteiger partial charge in [-0.2, -0.15) is 5.10 Å². The molecule has 182 valence electrons. The molecule has 2 N–H and O–H groups in total. The van der Waals surface area contributed by atoms with Crippen molar-refractivity contribution in [3.05, 3.63) is 85.9 Å². The molecule has 0 bridgehead atoms. The van der Waals surface area contributed by atoms with E-state index in [2.05, 4.69) is 33.1 Å². The number of rotatable bonds is 11. The van der Waals surface area contributed by atoms with E-state index in [1.807, 2.05) is 25.1 Å². The maximum Gasteiger partial charge on any atom is 0.335 e. The van der Waals surface area contributed by atoms with Gasteiger partial charge in [-0.05, 0) is 89.2 Å². The largest absolute Gasteiger partial charge is 0.490 e. The number of thioether (sulfide) groups is 1. The summed E-state index contributed by atoms with van der Waals surface area (Å²) in [5.74, 6) is 0.0742. The number of carbonyl (C=O) groups is 2. The Morgan fingerprint density at radius 1 is 1.14 bits per heavy atom. The monoisotopic (exact) mass is 624 g/mol. The van der Waals surface area contributed by atoms with E-state index in [-0.39, 0.29) is 23.8 Å². The molecule has 0 unspecified atom stereocenters. The lowest BCUT2D eigenvalue weighted by Gasteiger charge is -2.15. The van der Waals surface area contributed by atoms with Gasteiger partial charge >= 0.3 is 5.97 Å². The van der Waals surface area contributed by atoms with Crippen LogP contribution in [-0.2, 0) is 11.4 Å². The Balaban J connectivity index is 1.62. The molecule has 0 saturated carbocycles. The van der Waals surface area contributed by atoms with Crippen molar-refractivity contribution >= 4 is 64.0 Å². The standard InChI is InChI=1S/C25H22ClIN2O5S/c1-2-33-22-12-17(13-28-29-23(30)15-35-20-8-6-19(26)7-9-20)11-21(27)24(22)34-14-16-4-3-5-18(10-16)25(31)32/h3-13H,2,14-15H2,1H3,(H,29,30)(H,31,32)/b28-13-. The fourth-order valence-electron chi connectivity index (χ4n) is 2.91. The molecule has 0 heterocycles. The minimum Gasteiger partial charge on any atom is -0.490 e. The number of benzene rings is 3. The van der Waals surface area contributed by atoms with Crippen LogP contribution in [0.2, 0.25) is 5.02 Å². The Morgan fingerprint density at radius 3 is 2.63 bits per heavy atom. The van der Waals surface area contributed by atoms with Crippen molar-refractivity contribution < 1.29 is 24.2 Å². The topological polar surface area (TPSA) is 97.2 Å². The fourth-order valence-corrected chi connectivity index (χ4v) is 4.50. The number of carboxylic acid groups (broad SMARTS) is 1. The number of hydrazone groups is 1. The summed E-state index contributed by atoms with van der Waals surface area (Å²) in [6.45, 7) is 2.48. The summed E-state index contributed by atoms with van der Waals surface area (Å²) in [4.78, 5) is 24.2. The molecule has 3 rings (SSSR count). The van der Waals surface area contributed by atoms with E-state index in [4.69, 9.17) is 21.1 Å². The molecule has 10 heteroatoms. The highest BCUT2D eigenvalue weighted by atomic mass is 127. The van der Waals surface area contributed by atoms with Crippen LogP contribution in [0.25, 0.3) is 0 Å². The molecule has 0 aliphatic heterocycles. The van der Waals surface area contributed by atoms with E-state index in [0.717, 1.165) is 19.6 Å². The molecule has 0 aliphatic carbocycles. The predicted molar refractivity (Wildman–Crippen MR) is 146 cm³/mol. The molecule has 0 aliphatic rings. The molecule has 1 amide bonds. The first-order chi connectivity index (χ1) is 16.9. The first kappa shape index (κ1) is 26.8. The summed E-state index contributed by atoms with van der Waals surface area (Å²) < 4.78 is 12.5. The summed E-state index contributed by atoms with van der Waals surface area (Å²) in [5, 5.41) is 13.9. The maximum atomic E-state index is 12.1. The zero-order valence-electron chi connectivity index (χ0n) is 18.7. The lowest BCUT2D eigenvalue weighted by Crippen LogP contribution is -2.19. The summed E-state index contributed by atoms with van der Waals surface area (Å²) in [6, 6.07) is 17.5. The Morgan fingerprint density at radius 2 is 1.91 bits per heavy atom. The molecule has 0 atom stereocenters. The van der Waals surface area contributed by atoms with Gasteiger partial charge in [-0.3, -0.25) is 4.79 Å². The van der Waals surface area contributed by atoms with E-state index in [0.29, 0.717) is 23.1 Å². The molecule has 0 fully saturated rings. The number of halogens is 2. The zero-order chi connectivity index (χ0) is 25.2. The van der Waals surface area contributed by atoms with E-state index in [1.165, 1.54) is 24.0 Å². The molecular formula is C25H22ClIN2O5S. The van der Waals surface area contributed by atoms with Gasteiger partial charge in [0.2, 0.25) is 5.91 Å². The molecular weight excluding hydrogens is 603 g/mol. The number of carbonyl (C=O) groups excluding carboxylic acids is 1. The number of ether oxygens (including phenoxy) is 2. The normalized spacial score (nSPS) is 10.8. The van der Waals surface area contributed by atoms with Crippen LogP contribution < -0.4 is 14.9 Å². The average Bonchev–Trinajstić information content (AvgIpc) is 2.83. The van der Waals surface area contributed by atoms with Gasteiger partial charge in [-0.15, -0.1) is 11.8 Å². The first-order valence-corrected chi connectivity index (χ1v) is 12.9.